The lowest BCUT2D eigenvalue weighted by Gasteiger charge is -2.46. The van der Waals surface area contributed by atoms with E-state index in [1.54, 1.807) is 0 Å². The Morgan fingerprint density at radius 3 is 1.88 bits per heavy atom. The van der Waals surface area contributed by atoms with E-state index in [2.05, 4.69) is 0 Å². The van der Waals surface area contributed by atoms with Crippen molar-refractivity contribution in [3.8, 4) is 0 Å². The summed E-state index contributed by atoms with van der Waals surface area (Å²) in [6.07, 6.45) is -14.9. The van der Waals surface area contributed by atoms with Crippen LogP contribution in [0.1, 0.15) is 13.3 Å². The second-order valence-electron chi connectivity index (χ2n) is 6.76. The molecular formula is C15H28O11. The predicted octanol–water partition coefficient (Wildman–Crippen LogP) is -4.58. The lowest BCUT2D eigenvalue weighted by Crippen LogP contribution is -2.64. The molecule has 2 fully saturated rings. The summed E-state index contributed by atoms with van der Waals surface area (Å²) in [7, 11) is 0. The molecule has 11 nitrogen and oxygen atoms in total. The molecule has 2 aliphatic rings. The van der Waals surface area contributed by atoms with Crippen molar-refractivity contribution in [1.29, 1.82) is 0 Å². The van der Waals surface area contributed by atoms with Gasteiger partial charge in [0.25, 0.3) is 0 Å². The fourth-order valence-corrected chi connectivity index (χ4v) is 3.20. The van der Waals surface area contributed by atoms with Crippen molar-refractivity contribution in [2.45, 2.75) is 80.7 Å². The van der Waals surface area contributed by atoms with Gasteiger partial charge in [0.05, 0.1) is 25.4 Å². The minimum Gasteiger partial charge on any atom is -0.394 e. The van der Waals surface area contributed by atoms with Crippen LogP contribution in [0.5, 0.6) is 0 Å². The minimum absolute atomic E-state index is 0.0154. The fourth-order valence-electron chi connectivity index (χ4n) is 3.20. The zero-order valence-corrected chi connectivity index (χ0v) is 14.3. The highest BCUT2D eigenvalue weighted by atomic mass is 16.7. The Hall–Kier alpha value is -0.440. The van der Waals surface area contributed by atoms with Crippen LogP contribution in [0.3, 0.4) is 0 Å². The van der Waals surface area contributed by atoms with E-state index in [9.17, 15) is 40.9 Å². The van der Waals surface area contributed by atoms with E-state index in [0.29, 0.717) is 0 Å². The number of rotatable bonds is 6. The van der Waals surface area contributed by atoms with Crippen LogP contribution in [-0.4, -0.2) is 121 Å². The Kier molecular flexibility index (Phi) is 7.71. The van der Waals surface area contributed by atoms with E-state index in [4.69, 9.17) is 14.2 Å². The maximum Gasteiger partial charge on any atom is 0.187 e. The van der Waals surface area contributed by atoms with Crippen LogP contribution >= 0.6 is 0 Å². The zero-order valence-electron chi connectivity index (χ0n) is 14.3. The van der Waals surface area contributed by atoms with Gasteiger partial charge in [0, 0.05) is 6.42 Å². The molecule has 2 saturated heterocycles. The molecule has 2 rings (SSSR count). The van der Waals surface area contributed by atoms with Gasteiger partial charge in [0.2, 0.25) is 0 Å². The van der Waals surface area contributed by atoms with Gasteiger partial charge in [-0.05, 0) is 6.92 Å². The van der Waals surface area contributed by atoms with Crippen LogP contribution in [0.15, 0.2) is 0 Å². The van der Waals surface area contributed by atoms with Crippen molar-refractivity contribution in [3.05, 3.63) is 0 Å². The van der Waals surface area contributed by atoms with Crippen LogP contribution in [-0.2, 0) is 14.2 Å². The van der Waals surface area contributed by atoms with Crippen LogP contribution in [0.2, 0.25) is 0 Å². The second-order valence-corrected chi connectivity index (χ2v) is 6.76. The highest BCUT2D eigenvalue weighted by Gasteiger charge is 2.50. The number of hydrogen-bond acceptors (Lipinski definition) is 11. The number of ether oxygens (including phenoxy) is 3. The van der Waals surface area contributed by atoms with Gasteiger partial charge < -0.3 is 55.1 Å². The third-order valence-electron chi connectivity index (χ3n) is 4.68. The van der Waals surface area contributed by atoms with E-state index < -0.39 is 80.5 Å². The summed E-state index contributed by atoms with van der Waals surface area (Å²) >= 11 is 0. The molecule has 154 valence electrons. The summed E-state index contributed by atoms with van der Waals surface area (Å²) < 4.78 is 16.1. The lowest BCUT2D eigenvalue weighted by atomic mass is 9.92. The first-order chi connectivity index (χ1) is 12.2. The molecule has 2 unspecified atom stereocenters. The summed E-state index contributed by atoms with van der Waals surface area (Å²) in [6.45, 7) is 0.228. The molecule has 0 saturated carbocycles. The molecule has 0 spiro atoms. The van der Waals surface area contributed by atoms with Gasteiger partial charge in [0.15, 0.2) is 6.29 Å². The molecule has 2 aliphatic heterocycles. The monoisotopic (exact) mass is 384 g/mol. The quantitative estimate of drug-likeness (QED) is 0.220. The lowest BCUT2D eigenvalue weighted by molar-refractivity contribution is -0.342. The van der Waals surface area contributed by atoms with E-state index in [-0.39, 0.29) is 6.42 Å². The third kappa shape index (κ3) is 4.51. The van der Waals surface area contributed by atoms with Crippen molar-refractivity contribution in [1.82, 2.24) is 0 Å². The molecular weight excluding hydrogens is 356 g/mol. The number of aliphatic hydroxyl groups is 8. The Balaban J connectivity index is 2.11. The van der Waals surface area contributed by atoms with Crippen LogP contribution in [0.4, 0.5) is 0 Å². The third-order valence-corrected chi connectivity index (χ3v) is 4.68. The number of hydrogen-bond donors (Lipinski definition) is 8. The Morgan fingerprint density at radius 1 is 0.769 bits per heavy atom. The fraction of sp³-hybridized carbons (Fsp3) is 1.00. The Bertz CT molecular complexity index is 432. The molecule has 0 aromatic heterocycles. The first-order valence-corrected chi connectivity index (χ1v) is 8.47. The summed E-state index contributed by atoms with van der Waals surface area (Å²) in [6, 6.07) is 0. The normalized spacial score (nSPS) is 48.3. The van der Waals surface area contributed by atoms with Gasteiger partial charge in [-0.15, -0.1) is 0 Å². The standard InChI is InChI=1S/C15H28O11/c1-5(18)2-6-9(19)12(22)14(8(4-17)24-6)26-15-13(23)11(21)10(20)7(3-16)25-15/h5-23H,2-4H2,1H3/t5?,6-,7+,8+,9-,10-,11-,12+,13+,14+,15?/m0/s1. The van der Waals surface area contributed by atoms with Crippen molar-refractivity contribution < 1.29 is 55.1 Å². The van der Waals surface area contributed by atoms with E-state index in [1.165, 1.54) is 6.92 Å². The van der Waals surface area contributed by atoms with E-state index >= 15 is 0 Å². The predicted molar refractivity (Wildman–Crippen MR) is 82.7 cm³/mol. The van der Waals surface area contributed by atoms with Crippen LogP contribution in [0, 0.1) is 0 Å². The summed E-state index contributed by atoms with van der Waals surface area (Å²) in [5.74, 6) is 0. The number of aliphatic hydroxyl groups excluding tert-OH is 8. The Morgan fingerprint density at radius 2 is 1.35 bits per heavy atom. The smallest absolute Gasteiger partial charge is 0.187 e. The zero-order chi connectivity index (χ0) is 19.6. The summed E-state index contributed by atoms with van der Waals surface area (Å²) in [4.78, 5) is 0. The highest BCUT2D eigenvalue weighted by Crippen LogP contribution is 2.30. The van der Waals surface area contributed by atoms with Crippen LogP contribution in [0.25, 0.3) is 0 Å². The SMILES string of the molecule is CC(O)C[C@@H]1O[C@H](CO)[C@@H](OC2O[C@H](CO)[C@H](O)[C@H](O)[C@H]2O)[C@H](O)[C@H]1O. The van der Waals surface area contributed by atoms with Gasteiger partial charge >= 0.3 is 0 Å². The minimum atomic E-state index is -1.70. The summed E-state index contributed by atoms with van der Waals surface area (Å²) in [5, 5.41) is 78.2. The maximum atomic E-state index is 10.3. The molecule has 8 N–H and O–H groups in total. The van der Waals surface area contributed by atoms with Crippen molar-refractivity contribution >= 4 is 0 Å². The van der Waals surface area contributed by atoms with Crippen molar-refractivity contribution in [2.24, 2.45) is 0 Å². The molecule has 0 aliphatic carbocycles. The average molecular weight is 384 g/mol. The van der Waals surface area contributed by atoms with E-state index in [1.807, 2.05) is 0 Å². The molecule has 0 aromatic rings. The van der Waals surface area contributed by atoms with Gasteiger partial charge in [-0.3, -0.25) is 0 Å². The van der Waals surface area contributed by atoms with Crippen LogP contribution < -0.4 is 0 Å². The molecule has 0 aromatic carbocycles. The van der Waals surface area contributed by atoms with Gasteiger partial charge in [-0.1, -0.05) is 0 Å². The van der Waals surface area contributed by atoms with E-state index in [0.717, 1.165) is 0 Å². The molecule has 0 radical (unpaired) electrons. The summed E-state index contributed by atoms with van der Waals surface area (Å²) in [5.41, 5.74) is 0. The largest absolute Gasteiger partial charge is 0.394 e. The second kappa shape index (κ2) is 9.17. The molecule has 26 heavy (non-hydrogen) atoms. The molecule has 0 amide bonds. The highest BCUT2D eigenvalue weighted by molar-refractivity contribution is 4.95. The van der Waals surface area contributed by atoms with Crippen molar-refractivity contribution in [2.75, 3.05) is 13.2 Å². The topological polar surface area (TPSA) is 190 Å². The van der Waals surface area contributed by atoms with Crippen molar-refractivity contribution in [3.63, 3.8) is 0 Å². The molecule has 11 atom stereocenters. The average Bonchev–Trinajstić information content (AvgIpc) is 2.60. The van der Waals surface area contributed by atoms with Gasteiger partial charge in [0.1, 0.15) is 48.8 Å². The Labute approximate surface area is 150 Å². The van der Waals surface area contributed by atoms with Gasteiger partial charge in [-0.2, -0.15) is 0 Å². The molecule has 0 bridgehead atoms. The molecule has 11 heteroatoms. The first kappa shape index (κ1) is 21.9. The van der Waals surface area contributed by atoms with Gasteiger partial charge in [-0.25, -0.2) is 0 Å². The maximum absolute atomic E-state index is 10.3. The first-order valence-electron chi connectivity index (χ1n) is 8.47. The molecule has 2 heterocycles.